The van der Waals surface area contributed by atoms with Crippen LogP contribution in [0.25, 0.3) is 0 Å². The van der Waals surface area contributed by atoms with E-state index in [-0.39, 0.29) is 18.4 Å². The molecule has 3 aromatic carbocycles. The van der Waals surface area contributed by atoms with Crippen LogP contribution in [0.5, 0.6) is 5.75 Å². The first kappa shape index (κ1) is 23.1. The number of carbonyl (C=O) groups excluding carboxylic acids is 2. The predicted octanol–water partition coefficient (Wildman–Crippen LogP) is 4.15. The van der Waals surface area contributed by atoms with Crippen molar-refractivity contribution in [3.8, 4) is 5.75 Å². The largest absolute Gasteiger partial charge is 0.484 e. The van der Waals surface area contributed by atoms with Gasteiger partial charge in [0, 0.05) is 19.5 Å². The molecular formula is C27H30N2O3. The van der Waals surface area contributed by atoms with Crippen LogP contribution in [0.15, 0.2) is 84.9 Å². The Kier molecular flexibility index (Phi) is 8.44. The number of rotatable bonds is 10. The Balaban J connectivity index is 1.88. The molecule has 5 nitrogen and oxygen atoms in total. The molecule has 0 saturated heterocycles. The highest BCUT2D eigenvalue weighted by Gasteiger charge is 2.30. The first-order chi connectivity index (χ1) is 15.6. The molecule has 0 unspecified atom stereocenters. The molecule has 0 fully saturated rings. The zero-order chi connectivity index (χ0) is 22.8. The Morgan fingerprint density at radius 3 is 2.22 bits per heavy atom. The quantitative estimate of drug-likeness (QED) is 0.526. The van der Waals surface area contributed by atoms with Gasteiger partial charge >= 0.3 is 0 Å². The lowest BCUT2D eigenvalue weighted by Crippen LogP contribution is -2.51. The molecule has 0 heterocycles. The van der Waals surface area contributed by atoms with Crippen LogP contribution in [0, 0.1) is 6.92 Å². The number of para-hydroxylation sites is 1. The van der Waals surface area contributed by atoms with Crippen LogP contribution in [-0.2, 0) is 22.6 Å². The highest BCUT2D eigenvalue weighted by atomic mass is 16.5. The van der Waals surface area contributed by atoms with Gasteiger partial charge in [-0.3, -0.25) is 9.59 Å². The summed E-state index contributed by atoms with van der Waals surface area (Å²) in [4.78, 5) is 28.1. The summed E-state index contributed by atoms with van der Waals surface area (Å²) in [5, 5.41) is 2.90. The van der Waals surface area contributed by atoms with Crippen molar-refractivity contribution in [3.05, 3.63) is 102 Å². The Bertz CT molecular complexity index is 1010. The number of nitrogens with zero attached hydrogens (tertiary/aromatic N) is 1. The van der Waals surface area contributed by atoms with E-state index in [1.54, 1.807) is 4.90 Å². The second-order valence-electron chi connectivity index (χ2n) is 7.71. The molecule has 3 aromatic rings. The lowest BCUT2D eigenvalue weighted by molar-refractivity contribution is -0.142. The molecule has 3 rings (SSSR count). The first-order valence-corrected chi connectivity index (χ1v) is 10.9. The van der Waals surface area contributed by atoms with Gasteiger partial charge in [-0.05, 0) is 37.1 Å². The summed E-state index contributed by atoms with van der Waals surface area (Å²) in [6.07, 6.45) is 0.426. The third-order valence-electron chi connectivity index (χ3n) is 5.16. The van der Waals surface area contributed by atoms with Gasteiger partial charge in [0.15, 0.2) is 6.61 Å². The van der Waals surface area contributed by atoms with E-state index in [4.69, 9.17) is 4.74 Å². The average Bonchev–Trinajstić information content (AvgIpc) is 2.81. The highest BCUT2D eigenvalue weighted by Crippen LogP contribution is 2.17. The van der Waals surface area contributed by atoms with E-state index >= 15 is 0 Å². The van der Waals surface area contributed by atoms with Crippen molar-refractivity contribution in [3.63, 3.8) is 0 Å². The fourth-order valence-corrected chi connectivity index (χ4v) is 3.60. The van der Waals surface area contributed by atoms with Crippen LogP contribution in [0.2, 0.25) is 0 Å². The third-order valence-corrected chi connectivity index (χ3v) is 5.16. The lowest BCUT2D eigenvalue weighted by Gasteiger charge is -2.31. The minimum absolute atomic E-state index is 0.138. The van der Waals surface area contributed by atoms with Gasteiger partial charge in [0.05, 0.1) is 0 Å². The van der Waals surface area contributed by atoms with Gasteiger partial charge < -0.3 is 15.0 Å². The Labute approximate surface area is 190 Å². The fraction of sp³-hybridized carbons (Fsp3) is 0.259. The molecule has 1 atom stereocenters. The Morgan fingerprint density at radius 2 is 1.56 bits per heavy atom. The topological polar surface area (TPSA) is 58.6 Å². The van der Waals surface area contributed by atoms with Gasteiger partial charge in [-0.1, -0.05) is 78.4 Å². The molecule has 32 heavy (non-hydrogen) atoms. The summed E-state index contributed by atoms with van der Waals surface area (Å²) >= 11 is 0. The number of hydrogen-bond donors (Lipinski definition) is 1. The number of nitrogens with one attached hydrogen (secondary N) is 1. The van der Waals surface area contributed by atoms with Crippen molar-refractivity contribution in [2.24, 2.45) is 0 Å². The number of carbonyl (C=O) groups is 2. The van der Waals surface area contributed by atoms with E-state index in [0.717, 1.165) is 16.7 Å². The molecule has 0 radical (unpaired) electrons. The summed E-state index contributed by atoms with van der Waals surface area (Å²) < 4.78 is 5.73. The molecule has 0 spiro atoms. The molecule has 0 aliphatic carbocycles. The zero-order valence-corrected chi connectivity index (χ0v) is 18.7. The summed E-state index contributed by atoms with van der Waals surface area (Å²) in [6, 6.07) is 26.3. The van der Waals surface area contributed by atoms with Gasteiger partial charge in [0.25, 0.3) is 5.91 Å². The molecule has 0 aliphatic heterocycles. The second-order valence-corrected chi connectivity index (χ2v) is 7.71. The normalized spacial score (nSPS) is 11.4. The van der Waals surface area contributed by atoms with Crippen molar-refractivity contribution in [1.29, 1.82) is 0 Å². The van der Waals surface area contributed by atoms with E-state index in [2.05, 4.69) is 5.32 Å². The van der Waals surface area contributed by atoms with Gasteiger partial charge in [0.1, 0.15) is 11.8 Å². The van der Waals surface area contributed by atoms with Crippen molar-refractivity contribution in [2.75, 3.05) is 13.2 Å². The van der Waals surface area contributed by atoms with Crippen molar-refractivity contribution >= 4 is 11.8 Å². The van der Waals surface area contributed by atoms with Gasteiger partial charge in [-0.2, -0.15) is 0 Å². The van der Waals surface area contributed by atoms with Crippen LogP contribution in [-0.4, -0.2) is 35.9 Å². The molecule has 0 bridgehead atoms. The maximum absolute atomic E-state index is 13.4. The molecule has 2 amide bonds. The number of ether oxygens (including phenoxy) is 1. The van der Waals surface area contributed by atoms with E-state index in [1.165, 1.54) is 0 Å². The van der Waals surface area contributed by atoms with Crippen molar-refractivity contribution in [1.82, 2.24) is 10.2 Å². The van der Waals surface area contributed by atoms with Crippen LogP contribution in [0.4, 0.5) is 0 Å². The fourth-order valence-electron chi connectivity index (χ4n) is 3.60. The van der Waals surface area contributed by atoms with E-state index in [1.807, 2.05) is 98.8 Å². The van der Waals surface area contributed by atoms with Crippen LogP contribution >= 0.6 is 0 Å². The lowest BCUT2D eigenvalue weighted by atomic mass is 10.0. The van der Waals surface area contributed by atoms with Gasteiger partial charge in [0.2, 0.25) is 5.91 Å². The number of benzene rings is 3. The predicted molar refractivity (Wildman–Crippen MR) is 126 cm³/mol. The van der Waals surface area contributed by atoms with Crippen molar-refractivity contribution < 1.29 is 14.3 Å². The second kappa shape index (κ2) is 11.7. The number of likely N-dealkylation sites (N-methyl/N-ethyl adjacent to an activating group) is 1. The number of hydrogen-bond acceptors (Lipinski definition) is 3. The molecule has 0 saturated carbocycles. The minimum atomic E-state index is -0.648. The number of amides is 2. The third kappa shape index (κ3) is 6.71. The summed E-state index contributed by atoms with van der Waals surface area (Å²) in [5.74, 6) is 0.216. The SMILES string of the molecule is CCNC(=O)[C@@H](Cc1ccccc1)N(Cc1cccc(C)c1)C(=O)COc1ccccc1. The minimum Gasteiger partial charge on any atom is -0.484 e. The van der Waals surface area contributed by atoms with Crippen molar-refractivity contribution in [2.45, 2.75) is 32.9 Å². The van der Waals surface area contributed by atoms with Crippen LogP contribution in [0.3, 0.4) is 0 Å². The van der Waals surface area contributed by atoms with E-state index in [9.17, 15) is 9.59 Å². The molecule has 5 heteroatoms. The van der Waals surface area contributed by atoms with Gasteiger partial charge in [-0.25, -0.2) is 0 Å². The number of aryl methyl sites for hydroxylation is 1. The molecule has 166 valence electrons. The summed E-state index contributed by atoms with van der Waals surface area (Å²) in [5.41, 5.74) is 3.07. The molecule has 1 N–H and O–H groups in total. The maximum Gasteiger partial charge on any atom is 0.261 e. The first-order valence-electron chi connectivity index (χ1n) is 10.9. The maximum atomic E-state index is 13.4. The zero-order valence-electron chi connectivity index (χ0n) is 18.7. The summed E-state index contributed by atoms with van der Waals surface area (Å²) in [6.45, 7) is 4.58. The van der Waals surface area contributed by atoms with Crippen LogP contribution in [0.1, 0.15) is 23.6 Å². The molecular weight excluding hydrogens is 400 g/mol. The monoisotopic (exact) mass is 430 g/mol. The Morgan fingerprint density at radius 1 is 0.906 bits per heavy atom. The molecule has 0 aliphatic rings. The smallest absolute Gasteiger partial charge is 0.261 e. The summed E-state index contributed by atoms with van der Waals surface area (Å²) in [7, 11) is 0. The molecule has 0 aromatic heterocycles. The standard InChI is InChI=1S/C27H30N2O3/c1-3-28-27(31)25(18-22-12-6-4-7-13-22)29(19-23-14-10-11-21(2)17-23)26(30)20-32-24-15-8-5-9-16-24/h4-17,25H,3,18-20H2,1-2H3,(H,28,31)/t25-/m1/s1. The van der Waals surface area contributed by atoms with Gasteiger partial charge in [-0.15, -0.1) is 0 Å². The highest BCUT2D eigenvalue weighted by molar-refractivity contribution is 5.88. The van der Waals surface area contributed by atoms with E-state index < -0.39 is 6.04 Å². The average molecular weight is 431 g/mol. The van der Waals surface area contributed by atoms with E-state index in [0.29, 0.717) is 25.3 Å². The Hall–Kier alpha value is -3.60. The van der Waals surface area contributed by atoms with Crippen LogP contribution < -0.4 is 10.1 Å².